The highest BCUT2D eigenvalue weighted by molar-refractivity contribution is 14.1. The molecule has 4 nitrogen and oxygen atoms in total. The van der Waals surface area contributed by atoms with Crippen molar-refractivity contribution in [2.75, 3.05) is 0 Å². The number of rotatable bonds is 6. The van der Waals surface area contributed by atoms with Crippen LogP contribution in [0.1, 0.15) is 29.8 Å². The molecule has 3 aromatic rings. The Kier molecular flexibility index (Phi) is 6.59. The topological polar surface area (TPSA) is 52.6 Å². The summed E-state index contributed by atoms with van der Waals surface area (Å²) in [5, 5.41) is 0.574. The molecule has 0 radical (unpaired) electrons. The van der Waals surface area contributed by atoms with Gasteiger partial charge in [0.05, 0.1) is 0 Å². The summed E-state index contributed by atoms with van der Waals surface area (Å²) in [4.78, 5) is 25.0. The van der Waals surface area contributed by atoms with E-state index in [9.17, 15) is 9.59 Å². The van der Waals surface area contributed by atoms with Crippen molar-refractivity contribution in [3.05, 3.63) is 92.5 Å². The maximum absolute atomic E-state index is 12.5. The number of benzene rings is 3. The number of esters is 1. The van der Waals surface area contributed by atoms with Crippen molar-refractivity contribution in [2.45, 2.75) is 19.4 Å². The number of hydrogen-bond donors (Lipinski definition) is 0. The minimum absolute atomic E-state index is 0.120. The summed E-state index contributed by atoms with van der Waals surface area (Å²) in [5.74, 6) is 0.281. The van der Waals surface area contributed by atoms with E-state index in [0.717, 1.165) is 3.57 Å². The van der Waals surface area contributed by atoms with Gasteiger partial charge < -0.3 is 9.47 Å². The van der Waals surface area contributed by atoms with Crippen LogP contribution in [0.3, 0.4) is 0 Å². The molecule has 0 atom stereocenters. The van der Waals surface area contributed by atoms with E-state index in [4.69, 9.17) is 21.1 Å². The van der Waals surface area contributed by atoms with Crippen LogP contribution in [0.25, 0.3) is 0 Å². The molecule has 0 fully saturated rings. The number of carbonyl (C=O) groups excluding carboxylic acids is 2. The predicted octanol–water partition coefficient (Wildman–Crippen LogP) is 5.94. The quantitative estimate of drug-likeness (QED) is 0.175. The summed E-state index contributed by atoms with van der Waals surface area (Å²) in [6.07, 6.45) is 0. The number of halogens is 2. The Labute approximate surface area is 187 Å². The van der Waals surface area contributed by atoms with E-state index >= 15 is 0 Å². The highest BCUT2D eigenvalue weighted by Gasteiger charge is 2.32. The van der Waals surface area contributed by atoms with E-state index in [2.05, 4.69) is 22.6 Å². The number of ether oxygens (including phenoxy) is 2. The summed E-state index contributed by atoms with van der Waals surface area (Å²) >= 11 is 8.04. The van der Waals surface area contributed by atoms with Gasteiger partial charge in [0, 0.05) is 19.7 Å². The molecular formula is C23H18ClIO4. The largest absolute Gasteiger partial charge is 0.476 e. The van der Waals surface area contributed by atoms with E-state index in [1.54, 1.807) is 74.5 Å². The zero-order chi connectivity index (χ0) is 21.0. The van der Waals surface area contributed by atoms with E-state index < -0.39 is 11.6 Å². The van der Waals surface area contributed by atoms with Gasteiger partial charge in [0.2, 0.25) is 5.60 Å². The highest BCUT2D eigenvalue weighted by atomic mass is 127. The van der Waals surface area contributed by atoms with Crippen LogP contribution in [-0.4, -0.2) is 17.4 Å². The molecule has 3 aromatic carbocycles. The lowest BCUT2D eigenvalue weighted by molar-refractivity contribution is -0.149. The molecule has 0 aliphatic carbocycles. The Hall–Kier alpha value is -2.38. The van der Waals surface area contributed by atoms with Gasteiger partial charge in [-0.1, -0.05) is 11.6 Å². The fraction of sp³-hybridized carbons (Fsp3) is 0.130. The van der Waals surface area contributed by atoms with Crippen LogP contribution in [0.4, 0.5) is 0 Å². The average molecular weight is 521 g/mol. The summed E-state index contributed by atoms with van der Waals surface area (Å²) in [6, 6.07) is 20.5. The third-order valence-electron chi connectivity index (χ3n) is 4.11. The molecule has 0 aliphatic heterocycles. The van der Waals surface area contributed by atoms with Crippen molar-refractivity contribution in [3.8, 4) is 11.5 Å². The Morgan fingerprint density at radius 3 is 1.83 bits per heavy atom. The molecule has 6 heteroatoms. The smallest absolute Gasteiger partial charge is 0.355 e. The van der Waals surface area contributed by atoms with Gasteiger partial charge in [-0.25, -0.2) is 4.79 Å². The molecule has 0 spiro atoms. The molecule has 0 bridgehead atoms. The van der Waals surface area contributed by atoms with Gasteiger partial charge in [-0.3, -0.25) is 4.79 Å². The number of carbonyl (C=O) groups is 2. The lowest BCUT2D eigenvalue weighted by Crippen LogP contribution is -2.41. The van der Waals surface area contributed by atoms with E-state index in [-0.39, 0.29) is 5.78 Å². The maximum atomic E-state index is 12.5. The first-order valence-corrected chi connectivity index (χ1v) is 10.3. The first-order chi connectivity index (χ1) is 13.7. The van der Waals surface area contributed by atoms with Gasteiger partial charge in [0.25, 0.3) is 0 Å². The molecule has 148 valence electrons. The Morgan fingerprint density at radius 1 is 0.793 bits per heavy atom. The van der Waals surface area contributed by atoms with Crippen molar-refractivity contribution in [1.29, 1.82) is 0 Å². The molecule has 0 aliphatic rings. The van der Waals surface area contributed by atoms with E-state index in [1.807, 2.05) is 12.1 Å². The second-order valence-electron chi connectivity index (χ2n) is 6.82. The monoisotopic (exact) mass is 520 g/mol. The van der Waals surface area contributed by atoms with Crippen LogP contribution < -0.4 is 9.47 Å². The third kappa shape index (κ3) is 5.58. The Morgan fingerprint density at radius 2 is 1.28 bits per heavy atom. The molecule has 0 N–H and O–H groups in total. The third-order valence-corrected chi connectivity index (χ3v) is 5.08. The van der Waals surface area contributed by atoms with Crippen LogP contribution in [0.5, 0.6) is 11.5 Å². The molecular weight excluding hydrogens is 503 g/mol. The van der Waals surface area contributed by atoms with Crippen LogP contribution in [0.2, 0.25) is 5.02 Å². The molecule has 29 heavy (non-hydrogen) atoms. The normalized spacial score (nSPS) is 11.0. The SMILES string of the molecule is CC(C)(Oc1ccc(C(=O)c2ccc(Cl)cc2)cc1)C(=O)Oc1ccc(I)cc1. The minimum Gasteiger partial charge on any atom is -0.476 e. The summed E-state index contributed by atoms with van der Waals surface area (Å²) in [5.41, 5.74) is -0.145. The van der Waals surface area contributed by atoms with Crippen LogP contribution in [0.15, 0.2) is 72.8 Å². The maximum Gasteiger partial charge on any atom is 0.355 e. The molecule has 0 amide bonds. The zero-order valence-electron chi connectivity index (χ0n) is 15.8. The zero-order valence-corrected chi connectivity index (χ0v) is 18.7. The van der Waals surface area contributed by atoms with E-state index in [1.165, 1.54) is 0 Å². The van der Waals surface area contributed by atoms with Crippen LogP contribution in [-0.2, 0) is 4.79 Å². The fourth-order valence-electron chi connectivity index (χ4n) is 2.51. The molecule has 3 rings (SSSR count). The molecule has 0 saturated carbocycles. The molecule has 0 saturated heterocycles. The average Bonchev–Trinajstić information content (AvgIpc) is 2.70. The number of hydrogen-bond acceptors (Lipinski definition) is 4. The van der Waals surface area contributed by atoms with Gasteiger partial charge in [-0.15, -0.1) is 0 Å². The second kappa shape index (κ2) is 8.97. The Balaban J connectivity index is 1.67. The van der Waals surface area contributed by atoms with Crippen molar-refractivity contribution in [2.24, 2.45) is 0 Å². The van der Waals surface area contributed by atoms with Crippen molar-refractivity contribution in [3.63, 3.8) is 0 Å². The second-order valence-corrected chi connectivity index (χ2v) is 8.50. The highest BCUT2D eigenvalue weighted by Crippen LogP contribution is 2.23. The Bertz CT molecular complexity index is 1010. The molecule has 0 aromatic heterocycles. The summed E-state index contributed by atoms with van der Waals surface area (Å²) < 4.78 is 12.3. The lowest BCUT2D eigenvalue weighted by Gasteiger charge is -2.24. The molecule has 0 heterocycles. The van der Waals surface area contributed by atoms with Gasteiger partial charge in [0.15, 0.2) is 5.78 Å². The van der Waals surface area contributed by atoms with Crippen molar-refractivity contribution < 1.29 is 19.1 Å². The van der Waals surface area contributed by atoms with E-state index in [0.29, 0.717) is 27.6 Å². The van der Waals surface area contributed by atoms with Crippen molar-refractivity contribution >= 4 is 45.9 Å². The van der Waals surface area contributed by atoms with Gasteiger partial charge in [0.1, 0.15) is 11.5 Å². The predicted molar refractivity (Wildman–Crippen MR) is 121 cm³/mol. The fourth-order valence-corrected chi connectivity index (χ4v) is 3.00. The van der Waals surface area contributed by atoms with Gasteiger partial charge in [-0.05, 0) is 109 Å². The first kappa shape index (κ1) is 21.3. The van der Waals surface area contributed by atoms with Crippen LogP contribution >= 0.6 is 34.2 Å². The van der Waals surface area contributed by atoms with Crippen LogP contribution in [0, 0.1) is 3.57 Å². The summed E-state index contributed by atoms with van der Waals surface area (Å²) in [6.45, 7) is 3.27. The first-order valence-electron chi connectivity index (χ1n) is 8.82. The minimum atomic E-state index is -1.20. The lowest BCUT2D eigenvalue weighted by atomic mass is 10.0. The molecule has 0 unspecified atom stereocenters. The standard InChI is InChI=1S/C23H18ClIO4/c1-23(2,22(27)28-19-13-9-18(25)10-14-19)29-20-11-5-16(6-12-20)21(26)15-3-7-17(24)8-4-15/h3-14H,1-2H3. The van der Waals surface area contributed by atoms with Gasteiger partial charge in [-0.2, -0.15) is 0 Å². The number of ketones is 1. The van der Waals surface area contributed by atoms with Gasteiger partial charge >= 0.3 is 5.97 Å². The van der Waals surface area contributed by atoms with Crippen molar-refractivity contribution in [1.82, 2.24) is 0 Å². The summed E-state index contributed by atoms with van der Waals surface area (Å²) in [7, 11) is 0.